The van der Waals surface area contributed by atoms with Crippen LogP contribution in [-0.2, 0) is 16.6 Å². The molecule has 116 valence electrons. The third-order valence-electron chi connectivity index (χ3n) is 2.29. The number of nitrogens with one attached hydrogen (secondary N) is 2. The number of halogens is 3. The van der Waals surface area contributed by atoms with Gasteiger partial charge in [0.15, 0.2) is 0 Å². The van der Waals surface area contributed by atoms with Gasteiger partial charge in [-0.1, -0.05) is 13.8 Å². The van der Waals surface area contributed by atoms with Gasteiger partial charge in [0, 0.05) is 12.6 Å². The van der Waals surface area contributed by atoms with Crippen LogP contribution in [0.25, 0.3) is 0 Å². The molecular weight excluding hydrogens is 297 g/mol. The monoisotopic (exact) mass is 314 g/mol. The van der Waals surface area contributed by atoms with Crippen molar-refractivity contribution in [3.63, 3.8) is 0 Å². The Bertz CT molecular complexity index is 523. The van der Waals surface area contributed by atoms with Crippen LogP contribution in [0.4, 0.5) is 13.2 Å². The van der Waals surface area contributed by atoms with Crippen molar-refractivity contribution >= 4 is 10.0 Å². The predicted octanol–water partition coefficient (Wildman–Crippen LogP) is 2.01. The van der Waals surface area contributed by atoms with E-state index in [2.05, 4.69) is 5.32 Å². The maximum Gasteiger partial charge on any atom is 0.390 e. The molecule has 5 nitrogen and oxygen atoms in total. The van der Waals surface area contributed by atoms with Gasteiger partial charge in [0.05, 0.1) is 13.0 Å². The third-order valence-corrected chi connectivity index (χ3v) is 3.62. The van der Waals surface area contributed by atoms with Gasteiger partial charge in [-0.15, -0.1) is 0 Å². The second-order valence-electron chi connectivity index (χ2n) is 4.52. The lowest BCUT2D eigenvalue weighted by molar-refractivity contribution is -0.132. The summed E-state index contributed by atoms with van der Waals surface area (Å²) in [5, 5.41) is 2.64. The molecule has 0 fully saturated rings. The van der Waals surface area contributed by atoms with Crippen LogP contribution in [0.15, 0.2) is 21.6 Å². The van der Waals surface area contributed by atoms with Crippen LogP contribution >= 0.6 is 0 Å². The SMILES string of the molecule is CC(C)NCc1ccc(S(=O)(=O)NCCC(F)(F)F)o1. The van der Waals surface area contributed by atoms with Gasteiger partial charge in [-0.05, 0) is 12.1 Å². The lowest BCUT2D eigenvalue weighted by Gasteiger charge is -2.07. The second-order valence-corrected chi connectivity index (χ2v) is 6.22. The fourth-order valence-electron chi connectivity index (χ4n) is 1.30. The van der Waals surface area contributed by atoms with Crippen LogP contribution < -0.4 is 10.0 Å². The highest BCUT2D eigenvalue weighted by Gasteiger charge is 2.28. The summed E-state index contributed by atoms with van der Waals surface area (Å²) in [5.74, 6) is 0.398. The molecule has 0 aliphatic heterocycles. The zero-order chi connectivity index (χ0) is 15.4. The molecule has 1 aromatic heterocycles. The number of rotatable bonds is 7. The molecule has 0 spiro atoms. The Kier molecular flexibility index (Phi) is 5.60. The van der Waals surface area contributed by atoms with E-state index in [1.54, 1.807) is 0 Å². The van der Waals surface area contributed by atoms with Crippen molar-refractivity contribution in [3.05, 3.63) is 17.9 Å². The van der Waals surface area contributed by atoms with E-state index in [4.69, 9.17) is 4.42 Å². The van der Waals surface area contributed by atoms with Crippen molar-refractivity contribution < 1.29 is 26.0 Å². The van der Waals surface area contributed by atoms with E-state index in [-0.39, 0.29) is 11.1 Å². The molecule has 0 bridgehead atoms. The summed E-state index contributed by atoms with van der Waals surface area (Å²) < 4.78 is 66.1. The molecule has 0 aromatic carbocycles. The minimum absolute atomic E-state index is 0.199. The third kappa shape index (κ3) is 5.93. The van der Waals surface area contributed by atoms with Crippen molar-refractivity contribution in [1.82, 2.24) is 10.0 Å². The summed E-state index contributed by atoms with van der Waals surface area (Å²) >= 11 is 0. The van der Waals surface area contributed by atoms with Crippen molar-refractivity contribution in [2.75, 3.05) is 6.54 Å². The maximum atomic E-state index is 11.9. The minimum Gasteiger partial charge on any atom is -0.447 e. The van der Waals surface area contributed by atoms with E-state index >= 15 is 0 Å². The van der Waals surface area contributed by atoms with Crippen LogP contribution in [0, 0.1) is 0 Å². The molecule has 1 rings (SSSR count). The fraction of sp³-hybridized carbons (Fsp3) is 0.636. The summed E-state index contributed by atoms with van der Waals surface area (Å²) in [5.41, 5.74) is 0. The van der Waals surface area contributed by atoms with Gasteiger partial charge in [-0.2, -0.15) is 13.2 Å². The normalized spacial score (nSPS) is 13.1. The molecular formula is C11H17F3N2O3S. The van der Waals surface area contributed by atoms with Crippen LogP contribution in [0.3, 0.4) is 0 Å². The second kappa shape index (κ2) is 6.59. The summed E-state index contributed by atoms with van der Waals surface area (Å²) in [6.45, 7) is 3.46. The van der Waals surface area contributed by atoms with Gasteiger partial charge >= 0.3 is 6.18 Å². The first kappa shape index (κ1) is 17.0. The van der Waals surface area contributed by atoms with Gasteiger partial charge in [-0.3, -0.25) is 0 Å². The first-order valence-corrected chi connectivity index (χ1v) is 7.47. The van der Waals surface area contributed by atoms with E-state index in [0.29, 0.717) is 12.3 Å². The lowest BCUT2D eigenvalue weighted by Crippen LogP contribution is -2.27. The molecule has 0 atom stereocenters. The van der Waals surface area contributed by atoms with Gasteiger partial charge < -0.3 is 9.73 Å². The lowest BCUT2D eigenvalue weighted by atomic mass is 10.3. The molecule has 1 aromatic rings. The molecule has 2 N–H and O–H groups in total. The van der Waals surface area contributed by atoms with Crippen LogP contribution in [0.5, 0.6) is 0 Å². The molecule has 20 heavy (non-hydrogen) atoms. The molecule has 1 heterocycles. The van der Waals surface area contributed by atoms with Crippen molar-refractivity contribution in [3.8, 4) is 0 Å². The Balaban J connectivity index is 2.59. The van der Waals surface area contributed by atoms with E-state index in [1.807, 2.05) is 18.6 Å². The highest BCUT2D eigenvalue weighted by atomic mass is 32.2. The smallest absolute Gasteiger partial charge is 0.390 e. The quantitative estimate of drug-likeness (QED) is 0.807. The van der Waals surface area contributed by atoms with Crippen LogP contribution in [0.1, 0.15) is 26.0 Å². The highest BCUT2D eigenvalue weighted by molar-refractivity contribution is 7.89. The number of furan rings is 1. The largest absolute Gasteiger partial charge is 0.447 e. The van der Waals surface area contributed by atoms with Gasteiger partial charge in [0.25, 0.3) is 10.0 Å². The Morgan fingerprint density at radius 1 is 1.30 bits per heavy atom. The zero-order valence-electron chi connectivity index (χ0n) is 11.1. The average Bonchev–Trinajstić information content (AvgIpc) is 2.73. The summed E-state index contributed by atoms with van der Waals surface area (Å²) in [6, 6.07) is 2.88. The molecule has 0 amide bonds. The Hall–Kier alpha value is -1.06. The molecule has 0 saturated carbocycles. The van der Waals surface area contributed by atoms with E-state index < -0.39 is 29.2 Å². The average molecular weight is 314 g/mol. The van der Waals surface area contributed by atoms with Crippen molar-refractivity contribution in [2.45, 2.75) is 44.1 Å². The van der Waals surface area contributed by atoms with E-state index in [9.17, 15) is 21.6 Å². The van der Waals surface area contributed by atoms with Crippen molar-refractivity contribution in [2.24, 2.45) is 0 Å². The molecule has 0 saturated heterocycles. The number of alkyl halides is 3. The van der Waals surface area contributed by atoms with Crippen molar-refractivity contribution in [1.29, 1.82) is 0 Å². The fourth-order valence-corrected chi connectivity index (χ4v) is 2.28. The predicted molar refractivity (Wildman–Crippen MR) is 66.5 cm³/mol. The van der Waals surface area contributed by atoms with Crippen LogP contribution in [0.2, 0.25) is 0 Å². The molecule has 0 aliphatic rings. The number of hydrogen-bond acceptors (Lipinski definition) is 4. The summed E-state index contributed by atoms with van der Waals surface area (Å²) in [4.78, 5) is 0. The number of hydrogen-bond donors (Lipinski definition) is 2. The number of sulfonamides is 1. The van der Waals surface area contributed by atoms with E-state index in [1.165, 1.54) is 12.1 Å². The van der Waals surface area contributed by atoms with Gasteiger partial charge in [-0.25, -0.2) is 13.1 Å². The molecule has 0 aliphatic carbocycles. The maximum absolute atomic E-state index is 11.9. The Morgan fingerprint density at radius 3 is 2.50 bits per heavy atom. The highest BCUT2D eigenvalue weighted by Crippen LogP contribution is 2.19. The topological polar surface area (TPSA) is 71.3 Å². The first-order chi connectivity index (χ1) is 9.10. The summed E-state index contributed by atoms with van der Waals surface area (Å²) in [7, 11) is -4.04. The molecule has 0 unspecified atom stereocenters. The summed E-state index contributed by atoms with van der Waals surface area (Å²) in [6.07, 6.45) is -5.63. The molecule has 0 radical (unpaired) electrons. The van der Waals surface area contributed by atoms with Gasteiger partial charge in [0.2, 0.25) is 5.09 Å². The first-order valence-electron chi connectivity index (χ1n) is 5.99. The van der Waals surface area contributed by atoms with E-state index in [0.717, 1.165) is 0 Å². The van der Waals surface area contributed by atoms with Gasteiger partial charge in [0.1, 0.15) is 5.76 Å². The zero-order valence-corrected chi connectivity index (χ0v) is 11.9. The Morgan fingerprint density at radius 2 is 1.95 bits per heavy atom. The Labute approximate surface area is 115 Å². The minimum atomic E-state index is -4.40. The van der Waals surface area contributed by atoms with Crippen LogP contribution in [-0.4, -0.2) is 27.2 Å². The standard InChI is InChI=1S/C11H17F3N2O3S/c1-8(2)15-7-9-3-4-10(19-9)20(17,18)16-6-5-11(12,13)14/h3-4,8,15-16H,5-7H2,1-2H3. The molecule has 9 heteroatoms.